The quantitative estimate of drug-likeness (QED) is 0.482. The lowest BCUT2D eigenvalue weighted by molar-refractivity contribution is -0.384. The van der Waals surface area contributed by atoms with Crippen LogP contribution in [0.4, 0.5) is 11.4 Å². The maximum atomic E-state index is 10.7. The van der Waals surface area contributed by atoms with Crippen molar-refractivity contribution < 1.29 is 4.92 Å². The van der Waals surface area contributed by atoms with E-state index in [1.807, 2.05) is 6.07 Å². The molecule has 1 N–H and O–H groups in total. The summed E-state index contributed by atoms with van der Waals surface area (Å²) in [6, 6.07) is 4.99. The van der Waals surface area contributed by atoms with Crippen LogP contribution in [0.1, 0.15) is 32.6 Å². The zero-order valence-corrected chi connectivity index (χ0v) is 13.2. The van der Waals surface area contributed by atoms with Crippen molar-refractivity contribution in [2.75, 3.05) is 11.9 Å². The molecule has 0 heterocycles. The van der Waals surface area contributed by atoms with Gasteiger partial charge in [-0.15, -0.1) is 0 Å². The summed E-state index contributed by atoms with van der Waals surface area (Å²) in [4.78, 5) is 10.3. The van der Waals surface area contributed by atoms with E-state index in [1.54, 1.807) is 12.1 Å². The van der Waals surface area contributed by atoms with Gasteiger partial charge in [-0.05, 0) is 53.3 Å². The third kappa shape index (κ3) is 4.06. The monoisotopic (exact) mass is 374 g/mol. The van der Waals surface area contributed by atoms with Gasteiger partial charge in [-0.1, -0.05) is 19.8 Å². The van der Waals surface area contributed by atoms with Crippen LogP contribution in [0.5, 0.6) is 0 Å². The van der Waals surface area contributed by atoms with Crippen LogP contribution in [0, 0.1) is 25.5 Å². The number of nitrogens with zero attached hydrogens (tertiary/aromatic N) is 1. The molecule has 2 rings (SSSR count). The largest absolute Gasteiger partial charge is 0.384 e. The number of halogens is 1. The van der Waals surface area contributed by atoms with E-state index in [0.29, 0.717) is 0 Å². The predicted octanol–water partition coefficient (Wildman–Crippen LogP) is 4.44. The van der Waals surface area contributed by atoms with Crippen LogP contribution in [0.25, 0.3) is 0 Å². The average Bonchev–Trinajstić information content (AvgIpc) is 2.37. The molecule has 19 heavy (non-hydrogen) atoms. The van der Waals surface area contributed by atoms with Crippen molar-refractivity contribution in [1.29, 1.82) is 0 Å². The molecular weight excluding hydrogens is 355 g/mol. The topological polar surface area (TPSA) is 55.2 Å². The lowest BCUT2D eigenvalue weighted by Crippen LogP contribution is -2.21. The van der Waals surface area contributed by atoms with Crippen LogP contribution < -0.4 is 5.32 Å². The average molecular weight is 374 g/mol. The summed E-state index contributed by atoms with van der Waals surface area (Å²) in [7, 11) is 0. The van der Waals surface area contributed by atoms with Crippen LogP contribution in [-0.4, -0.2) is 11.5 Å². The Morgan fingerprint density at radius 3 is 2.89 bits per heavy atom. The molecule has 1 saturated carbocycles. The fourth-order valence-electron chi connectivity index (χ4n) is 2.76. The number of rotatable bonds is 4. The Labute approximate surface area is 127 Å². The first-order valence-electron chi connectivity index (χ1n) is 6.74. The van der Waals surface area contributed by atoms with Gasteiger partial charge in [0.2, 0.25) is 0 Å². The fraction of sp³-hybridized carbons (Fsp3) is 0.571. The van der Waals surface area contributed by atoms with Crippen LogP contribution >= 0.6 is 22.6 Å². The molecule has 1 aromatic carbocycles. The molecule has 4 nitrogen and oxygen atoms in total. The first-order chi connectivity index (χ1) is 9.06. The second kappa shape index (κ2) is 6.54. The van der Waals surface area contributed by atoms with E-state index >= 15 is 0 Å². The van der Waals surface area contributed by atoms with Crippen molar-refractivity contribution in [3.05, 3.63) is 31.9 Å². The Morgan fingerprint density at radius 2 is 2.26 bits per heavy atom. The summed E-state index contributed by atoms with van der Waals surface area (Å²) in [5.74, 6) is 1.56. The Kier molecular flexibility index (Phi) is 5.01. The van der Waals surface area contributed by atoms with Crippen molar-refractivity contribution in [3.63, 3.8) is 0 Å². The number of nitro groups is 1. The molecule has 1 aliphatic carbocycles. The normalized spacial score (nSPS) is 23.1. The fourth-order valence-corrected chi connectivity index (χ4v) is 3.45. The molecule has 0 spiro atoms. The van der Waals surface area contributed by atoms with Crippen LogP contribution in [0.15, 0.2) is 18.2 Å². The van der Waals surface area contributed by atoms with Gasteiger partial charge < -0.3 is 5.32 Å². The molecule has 2 atom stereocenters. The van der Waals surface area contributed by atoms with E-state index in [9.17, 15) is 10.1 Å². The Hall–Kier alpha value is -0.850. The van der Waals surface area contributed by atoms with E-state index in [1.165, 1.54) is 25.7 Å². The maximum absolute atomic E-state index is 10.7. The van der Waals surface area contributed by atoms with E-state index in [-0.39, 0.29) is 10.6 Å². The number of nitrogens with one attached hydrogen (secondary N) is 1. The van der Waals surface area contributed by atoms with E-state index in [2.05, 4.69) is 34.8 Å². The van der Waals surface area contributed by atoms with Crippen molar-refractivity contribution in [2.24, 2.45) is 11.8 Å². The van der Waals surface area contributed by atoms with Crippen molar-refractivity contribution >= 4 is 34.0 Å². The molecule has 1 aliphatic rings. The zero-order chi connectivity index (χ0) is 13.8. The number of hydrogen-bond donors (Lipinski definition) is 1. The summed E-state index contributed by atoms with van der Waals surface area (Å²) in [6.07, 6.45) is 5.26. The van der Waals surface area contributed by atoms with E-state index < -0.39 is 0 Å². The van der Waals surface area contributed by atoms with Gasteiger partial charge in [0.05, 0.1) is 4.92 Å². The Bertz CT molecular complexity index is 465. The van der Waals surface area contributed by atoms with Crippen molar-refractivity contribution in [2.45, 2.75) is 32.6 Å². The molecular formula is C14H19IN2O2. The molecule has 0 saturated heterocycles. The van der Waals surface area contributed by atoms with Gasteiger partial charge in [-0.3, -0.25) is 10.1 Å². The SMILES string of the molecule is CC1CCCC(CNc2ccc([N+](=O)[O-])cc2I)C1. The van der Waals surface area contributed by atoms with Gasteiger partial charge in [0.25, 0.3) is 5.69 Å². The summed E-state index contributed by atoms with van der Waals surface area (Å²) < 4.78 is 0.913. The molecule has 5 heteroatoms. The Morgan fingerprint density at radius 1 is 1.47 bits per heavy atom. The minimum Gasteiger partial charge on any atom is -0.384 e. The molecule has 0 aliphatic heterocycles. The Balaban J connectivity index is 1.94. The highest BCUT2D eigenvalue weighted by molar-refractivity contribution is 14.1. The second-order valence-corrected chi connectivity index (χ2v) is 6.60. The number of non-ortho nitro benzene ring substituents is 1. The molecule has 1 aromatic rings. The second-order valence-electron chi connectivity index (χ2n) is 5.44. The first-order valence-corrected chi connectivity index (χ1v) is 7.82. The van der Waals surface area contributed by atoms with Gasteiger partial charge >= 0.3 is 0 Å². The molecule has 0 aromatic heterocycles. The summed E-state index contributed by atoms with van der Waals surface area (Å²) in [5, 5.41) is 14.1. The van der Waals surface area contributed by atoms with E-state index in [0.717, 1.165) is 27.6 Å². The molecule has 0 amide bonds. The summed E-state index contributed by atoms with van der Waals surface area (Å²) >= 11 is 2.15. The molecule has 104 valence electrons. The molecule has 1 fully saturated rings. The number of nitro benzene ring substituents is 1. The lowest BCUT2D eigenvalue weighted by Gasteiger charge is -2.27. The van der Waals surface area contributed by atoms with Crippen LogP contribution in [-0.2, 0) is 0 Å². The van der Waals surface area contributed by atoms with Gasteiger partial charge in [-0.25, -0.2) is 0 Å². The smallest absolute Gasteiger partial charge is 0.270 e. The minimum atomic E-state index is -0.352. The van der Waals surface area contributed by atoms with Gasteiger partial charge in [0.1, 0.15) is 0 Å². The number of anilines is 1. The number of hydrogen-bond acceptors (Lipinski definition) is 3. The minimum absolute atomic E-state index is 0.154. The molecule has 2 unspecified atom stereocenters. The first kappa shape index (κ1) is 14.6. The highest BCUT2D eigenvalue weighted by Crippen LogP contribution is 2.30. The standard InChI is InChI=1S/C14H19IN2O2/c1-10-3-2-4-11(7-10)9-16-14-6-5-12(17(18)19)8-13(14)15/h5-6,8,10-11,16H,2-4,7,9H2,1H3. The van der Waals surface area contributed by atoms with Crippen LogP contribution in [0.3, 0.4) is 0 Å². The van der Waals surface area contributed by atoms with Gasteiger partial charge in [0.15, 0.2) is 0 Å². The number of benzene rings is 1. The van der Waals surface area contributed by atoms with Crippen molar-refractivity contribution in [3.8, 4) is 0 Å². The van der Waals surface area contributed by atoms with Gasteiger partial charge in [0, 0.05) is 27.9 Å². The van der Waals surface area contributed by atoms with Crippen molar-refractivity contribution in [1.82, 2.24) is 0 Å². The summed E-state index contributed by atoms with van der Waals surface area (Å²) in [5.41, 5.74) is 1.16. The molecule has 0 radical (unpaired) electrons. The predicted molar refractivity (Wildman–Crippen MR) is 85.4 cm³/mol. The maximum Gasteiger partial charge on any atom is 0.270 e. The third-order valence-electron chi connectivity index (χ3n) is 3.79. The highest BCUT2D eigenvalue weighted by Gasteiger charge is 2.19. The summed E-state index contributed by atoms with van der Waals surface area (Å²) in [6.45, 7) is 3.29. The highest BCUT2D eigenvalue weighted by atomic mass is 127. The van der Waals surface area contributed by atoms with E-state index in [4.69, 9.17) is 0 Å². The lowest BCUT2D eigenvalue weighted by atomic mass is 9.82. The van der Waals surface area contributed by atoms with Crippen LogP contribution in [0.2, 0.25) is 0 Å². The zero-order valence-electron chi connectivity index (χ0n) is 11.1. The third-order valence-corrected chi connectivity index (χ3v) is 4.68. The van der Waals surface area contributed by atoms with Gasteiger partial charge in [-0.2, -0.15) is 0 Å². The molecule has 0 bridgehead atoms.